The van der Waals surface area contributed by atoms with Crippen molar-refractivity contribution in [3.63, 3.8) is 0 Å². The predicted octanol–water partition coefficient (Wildman–Crippen LogP) is 24.9. The number of hydrogen-bond acceptors (Lipinski definition) is 15. The SMILES string of the molecule is CCCCC(CC)CSC(SCC(CC)CCCC)(SCC(CC)CCCC)C(=O)[O-].CCCCC(CC)CSC(SCC(CC)CCCC)(SCC(CC)CCCC)C(=O)[O-].CCCCC(CC)CSC(SCC(CC)CCCC)(SCC(CC)CCCC)C(=O)[O-].[CH3][Sn+3]. The Labute approximate surface area is 645 Å². The summed E-state index contributed by atoms with van der Waals surface area (Å²) in [6.07, 6.45) is 43.1. The average molecular weight is 1610 g/mol. The Bertz CT molecular complexity index is 1340. The second-order valence-electron chi connectivity index (χ2n) is 27.1. The van der Waals surface area contributed by atoms with E-state index in [0.29, 0.717) is 53.3 Å². The van der Waals surface area contributed by atoms with Crippen LogP contribution in [-0.4, -0.2) is 102 Å². The van der Waals surface area contributed by atoms with Gasteiger partial charge in [0.1, 0.15) is 10.2 Å². The van der Waals surface area contributed by atoms with Gasteiger partial charge in [-0.1, -0.05) is 298 Å². The molecule has 9 unspecified atom stereocenters. The molecule has 0 aliphatic carbocycles. The summed E-state index contributed by atoms with van der Waals surface area (Å²) in [6.45, 7) is 40.3. The van der Waals surface area contributed by atoms with Gasteiger partial charge in [-0.3, -0.25) is 0 Å². The first kappa shape index (κ1) is 104. The van der Waals surface area contributed by atoms with E-state index in [4.69, 9.17) is 0 Å². The van der Waals surface area contributed by atoms with Gasteiger partial charge in [0.25, 0.3) is 0 Å². The normalized spacial score (nSPS) is 16.3. The number of thioether (sulfide) groups is 9. The molecule has 566 valence electrons. The summed E-state index contributed by atoms with van der Waals surface area (Å²) in [5.74, 6) is 11.2. The summed E-state index contributed by atoms with van der Waals surface area (Å²) in [4.78, 5) is 39.9. The van der Waals surface area contributed by atoms with E-state index in [1.807, 2.05) is 0 Å². The van der Waals surface area contributed by atoms with Crippen LogP contribution in [0.3, 0.4) is 0 Å². The first-order valence-corrected chi connectivity index (χ1v) is 51.4. The zero-order valence-corrected chi connectivity index (χ0v) is 75.8. The number of carboxylic acid groups (broad SMARTS) is 3. The summed E-state index contributed by atoms with van der Waals surface area (Å²) in [5, 5.41) is 37.8. The Balaban J connectivity index is -0.000000645. The van der Waals surface area contributed by atoms with Crippen LogP contribution >= 0.6 is 106 Å². The Morgan fingerprint density at radius 3 is 0.389 bits per heavy atom. The van der Waals surface area contributed by atoms with Crippen LogP contribution in [0.15, 0.2) is 0 Å². The number of carbonyl (C=O) groups excluding carboxylic acids is 3. The fourth-order valence-electron chi connectivity index (χ4n) is 11.0. The van der Waals surface area contributed by atoms with Gasteiger partial charge in [-0.2, -0.15) is 0 Å². The fraction of sp³-hybridized carbons (Fsp3) is 0.962. The van der Waals surface area contributed by atoms with E-state index in [0.717, 1.165) is 110 Å². The maximum absolute atomic E-state index is 12.6. The van der Waals surface area contributed by atoms with Crippen LogP contribution in [0.1, 0.15) is 356 Å². The van der Waals surface area contributed by atoms with Gasteiger partial charge in [-0.25, -0.2) is 0 Å². The molecule has 0 aliphatic heterocycles. The summed E-state index contributed by atoms with van der Waals surface area (Å²) < 4.78 is -2.59. The Morgan fingerprint density at radius 2 is 0.326 bits per heavy atom. The molecule has 0 aromatic heterocycles. The third-order valence-electron chi connectivity index (χ3n) is 19.2. The molecule has 0 radical (unpaired) electrons. The van der Waals surface area contributed by atoms with Gasteiger partial charge in [0.05, 0.1) is 17.9 Å². The molecule has 95 heavy (non-hydrogen) atoms. The summed E-state index contributed by atoms with van der Waals surface area (Å²) in [5.41, 5.74) is 0. The second kappa shape index (κ2) is 71.9. The quantitative estimate of drug-likeness (QED) is 0.0424. The zero-order chi connectivity index (χ0) is 72.6. The molecule has 0 bridgehead atoms. The Kier molecular flexibility index (Phi) is 78.5. The van der Waals surface area contributed by atoms with E-state index >= 15 is 0 Å². The molecule has 6 nitrogen and oxygen atoms in total. The topological polar surface area (TPSA) is 120 Å². The summed E-state index contributed by atoms with van der Waals surface area (Å²) >= 11 is 16.6. The van der Waals surface area contributed by atoms with Crippen molar-refractivity contribution in [3.8, 4) is 0 Å². The first-order valence-electron chi connectivity index (χ1n) is 39.7. The summed E-state index contributed by atoms with van der Waals surface area (Å²) in [6, 6.07) is 0. The molecule has 0 aliphatic rings. The standard InChI is InChI=1S/3C26H52O2S3.CH3.Sn/c3*1-7-13-16-22(10-4)19-29-26(25(27)28,30-20-23(11-5)17-14-8-2)31-21-24(12-6)18-15-9-3;;/h3*22-24H,7-21H2,1-6H3,(H,27,28);1H3;/q;;;;+3/p-3. The van der Waals surface area contributed by atoms with E-state index in [1.165, 1.54) is 173 Å². The van der Waals surface area contributed by atoms with Crippen molar-refractivity contribution in [2.75, 3.05) is 51.8 Å². The number of hydrogen-bond donors (Lipinski definition) is 0. The van der Waals surface area contributed by atoms with Crippen LogP contribution in [-0.2, 0) is 14.4 Å². The summed E-state index contributed by atoms with van der Waals surface area (Å²) in [7, 11) is 0. The van der Waals surface area contributed by atoms with E-state index in [9.17, 15) is 29.7 Å². The molecule has 0 N–H and O–H groups in total. The van der Waals surface area contributed by atoms with Crippen molar-refractivity contribution in [2.24, 2.45) is 53.3 Å². The molecule has 0 aromatic rings. The Hall–Kier alpha value is 2.36. The van der Waals surface area contributed by atoms with Crippen molar-refractivity contribution in [1.29, 1.82) is 0 Å². The number of aliphatic carboxylic acids is 3. The molecule has 0 aromatic carbocycles. The van der Waals surface area contributed by atoms with Gasteiger partial charge in [0.2, 0.25) is 0 Å². The third kappa shape index (κ3) is 52.1. The number of unbranched alkanes of at least 4 members (excludes halogenated alkanes) is 9. The number of carbonyl (C=O) groups is 3. The van der Waals surface area contributed by atoms with E-state index in [-0.39, 0.29) is 0 Å². The van der Waals surface area contributed by atoms with E-state index in [1.54, 1.807) is 128 Å². The average Bonchev–Trinajstić information content (AvgIpc) is 0.895. The van der Waals surface area contributed by atoms with E-state index in [2.05, 4.69) is 130 Å². The van der Waals surface area contributed by atoms with Crippen molar-refractivity contribution in [2.45, 2.75) is 371 Å². The molecular formula is C79H156O6S9Sn. The molecular weight excluding hydrogens is 1450 g/mol. The Morgan fingerprint density at radius 1 is 0.232 bits per heavy atom. The van der Waals surface area contributed by atoms with Crippen molar-refractivity contribution in [1.82, 2.24) is 0 Å². The molecule has 16 heteroatoms. The first-order chi connectivity index (χ1) is 45.8. The minimum absolute atomic E-state index is 0.606. The van der Waals surface area contributed by atoms with Gasteiger partial charge in [-0.15, -0.1) is 106 Å². The molecule has 0 spiro atoms. The van der Waals surface area contributed by atoms with Crippen LogP contribution in [0.25, 0.3) is 0 Å². The molecule has 9 atom stereocenters. The van der Waals surface area contributed by atoms with Gasteiger partial charge < -0.3 is 29.7 Å². The molecule has 0 fully saturated rings. The molecule has 0 amide bonds. The van der Waals surface area contributed by atoms with Crippen LogP contribution < -0.4 is 15.3 Å². The van der Waals surface area contributed by atoms with Crippen molar-refractivity contribution in [3.05, 3.63) is 0 Å². The third-order valence-corrected chi connectivity index (χ3v) is 36.2. The fourth-order valence-corrected chi connectivity index (χ4v) is 26.5. The molecule has 0 rings (SSSR count). The second-order valence-corrected chi connectivity index (χ2v) is 40.5. The molecule has 0 saturated carbocycles. The minimum atomic E-state index is -0.867. The molecule has 0 heterocycles. The van der Waals surface area contributed by atoms with Gasteiger partial charge >= 0.3 is 27.5 Å². The van der Waals surface area contributed by atoms with Crippen LogP contribution in [0, 0.1) is 53.3 Å². The van der Waals surface area contributed by atoms with Crippen molar-refractivity contribution < 1.29 is 29.7 Å². The van der Waals surface area contributed by atoms with Gasteiger partial charge in [0, 0.05) is 0 Å². The maximum atomic E-state index is 12.6. The van der Waals surface area contributed by atoms with Gasteiger partial charge in [0.15, 0.2) is 0 Å². The van der Waals surface area contributed by atoms with Crippen LogP contribution in [0.4, 0.5) is 0 Å². The zero-order valence-electron chi connectivity index (χ0n) is 65.6. The van der Waals surface area contributed by atoms with Crippen LogP contribution in [0.5, 0.6) is 0 Å². The predicted molar refractivity (Wildman–Crippen MR) is 447 cm³/mol. The number of carboxylic acids is 3. The van der Waals surface area contributed by atoms with Crippen LogP contribution in [0.2, 0.25) is 4.94 Å². The molecule has 0 saturated heterocycles. The van der Waals surface area contributed by atoms with Crippen molar-refractivity contribution >= 4 is 146 Å². The van der Waals surface area contributed by atoms with E-state index < -0.39 is 28.1 Å². The monoisotopic (exact) mass is 1610 g/mol. The van der Waals surface area contributed by atoms with Gasteiger partial charge in [-0.05, 0) is 163 Å². The number of rotatable bonds is 66.